The number of benzene rings is 3. The lowest BCUT2D eigenvalue weighted by molar-refractivity contribution is 0.0729. The largest absolute Gasteiger partial charge is 0.504 e. The second kappa shape index (κ2) is 8.65. The van der Waals surface area contributed by atoms with Gasteiger partial charge in [-0.05, 0) is 43.3 Å². The minimum absolute atomic E-state index is 0.0652. The standard InChI is InChI=1S/C21H14Cl3NO3/c1-12-3-2-4-13(5-12)21(27)28-19-10-15(22)6-14(20(19)26)11-25-18-8-16(23)7-17(24)9-18/h2-11,26H,1H3. The number of aromatic hydroxyl groups is 1. The molecule has 0 unspecified atom stereocenters. The Morgan fingerprint density at radius 3 is 2.36 bits per heavy atom. The molecule has 0 fully saturated rings. The zero-order valence-electron chi connectivity index (χ0n) is 14.6. The summed E-state index contributed by atoms with van der Waals surface area (Å²) in [6, 6.07) is 14.6. The molecular weight excluding hydrogens is 421 g/mol. The fraction of sp³-hybridized carbons (Fsp3) is 0.0476. The molecule has 0 aliphatic rings. The van der Waals surface area contributed by atoms with Crippen LogP contribution in [0, 0.1) is 6.92 Å². The number of aryl methyl sites for hydroxylation is 1. The van der Waals surface area contributed by atoms with Gasteiger partial charge in [0.1, 0.15) is 0 Å². The minimum Gasteiger partial charge on any atom is -0.504 e. The van der Waals surface area contributed by atoms with Gasteiger partial charge in [-0.15, -0.1) is 0 Å². The van der Waals surface area contributed by atoms with Crippen LogP contribution in [0.4, 0.5) is 5.69 Å². The third kappa shape index (κ3) is 5.04. The van der Waals surface area contributed by atoms with Gasteiger partial charge in [-0.1, -0.05) is 52.5 Å². The quantitative estimate of drug-likeness (QED) is 0.285. The van der Waals surface area contributed by atoms with E-state index in [1.807, 2.05) is 13.0 Å². The summed E-state index contributed by atoms with van der Waals surface area (Å²) in [7, 11) is 0. The SMILES string of the molecule is Cc1cccc(C(=O)Oc2cc(Cl)cc(C=Nc3cc(Cl)cc(Cl)c3)c2O)c1. The van der Waals surface area contributed by atoms with Crippen molar-refractivity contribution in [3.8, 4) is 11.5 Å². The number of hydrogen-bond acceptors (Lipinski definition) is 4. The Morgan fingerprint density at radius 1 is 1.00 bits per heavy atom. The number of ether oxygens (including phenoxy) is 1. The van der Waals surface area contributed by atoms with Gasteiger partial charge in [0.15, 0.2) is 11.5 Å². The van der Waals surface area contributed by atoms with Crippen molar-refractivity contribution in [1.82, 2.24) is 0 Å². The van der Waals surface area contributed by atoms with Crippen molar-refractivity contribution in [2.75, 3.05) is 0 Å². The number of phenolic OH excluding ortho intramolecular Hbond substituents is 1. The van der Waals surface area contributed by atoms with Gasteiger partial charge in [0.05, 0.1) is 11.3 Å². The van der Waals surface area contributed by atoms with Crippen LogP contribution in [-0.2, 0) is 0 Å². The van der Waals surface area contributed by atoms with E-state index in [4.69, 9.17) is 39.5 Å². The molecule has 3 aromatic rings. The summed E-state index contributed by atoms with van der Waals surface area (Å²) in [5, 5.41) is 11.6. The molecule has 3 aromatic carbocycles. The first kappa shape index (κ1) is 20.2. The molecule has 0 heterocycles. The Balaban J connectivity index is 1.89. The van der Waals surface area contributed by atoms with E-state index in [0.29, 0.717) is 21.3 Å². The average molecular weight is 435 g/mol. The number of carbonyl (C=O) groups is 1. The van der Waals surface area contributed by atoms with E-state index in [2.05, 4.69) is 4.99 Å². The van der Waals surface area contributed by atoms with Crippen molar-refractivity contribution < 1.29 is 14.6 Å². The predicted molar refractivity (Wildman–Crippen MR) is 113 cm³/mol. The number of nitrogens with zero attached hydrogens (tertiary/aromatic N) is 1. The molecule has 0 aliphatic heterocycles. The second-order valence-corrected chi connectivity index (χ2v) is 7.30. The Morgan fingerprint density at radius 2 is 1.68 bits per heavy atom. The first-order valence-electron chi connectivity index (χ1n) is 8.13. The summed E-state index contributed by atoms with van der Waals surface area (Å²) in [5.41, 5.74) is 2.05. The molecule has 1 N–H and O–H groups in total. The van der Waals surface area contributed by atoms with Gasteiger partial charge in [-0.3, -0.25) is 4.99 Å². The first-order chi connectivity index (χ1) is 13.3. The van der Waals surface area contributed by atoms with Crippen LogP contribution in [0.25, 0.3) is 0 Å². The number of halogens is 3. The van der Waals surface area contributed by atoms with Crippen LogP contribution < -0.4 is 4.74 Å². The second-order valence-electron chi connectivity index (χ2n) is 5.99. The number of rotatable bonds is 4. The van der Waals surface area contributed by atoms with Crippen LogP contribution >= 0.6 is 34.8 Å². The first-order valence-corrected chi connectivity index (χ1v) is 9.27. The van der Waals surface area contributed by atoms with Crippen molar-refractivity contribution in [3.05, 3.63) is 86.4 Å². The zero-order chi connectivity index (χ0) is 20.3. The van der Waals surface area contributed by atoms with E-state index in [1.165, 1.54) is 18.3 Å². The molecule has 0 aromatic heterocycles. The van der Waals surface area contributed by atoms with Gasteiger partial charge in [-0.2, -0.15) is 0 Å². The number of hydrogen-bond donors (Lipinski definition) is 1. The number of aliphatic imine (C=N–C) groups is 1. The molecule has 0 spiro atoms. The van der Waals surface area contributed by atoms with Crippen molar-refractivity contribution in [1.29, 1.82) is 0 Å². The van der Waals surface area contributed by atoms with Crippen LogP contribution in [0.15, 0.2) is 59.6 Å². The summed E-state index contributed by atoms with van der Waals surface area (Å²) >= 11 is 18.0. The number of esters is 1. The maximum absolute atomic E-state index is 12.4. The van der Waals surface area contributed by atoms with Crippen LogP contribution in [0.2, 0.25) is 15.1 Å². The smallest absolute Gasteiger partial charge is 0.343 e. The highest BCUT2D eigenvalue weighted by atomic mass is 35.5. The van der Waals surface area contributed by atoms with Crippen LogP contribution in [0.3, 0.4) is 0 Å². The number of phenols is 1. The molecule has 3 rings (SSSR count). The van der Waals surface area contributed by atoms with Crippen molar-refractivity contribution in [2.45, 2.75) is 6.92 Å². The highest BCUT2D eigenvalue weighted by molar-refractivity contribution is 6.35. The topological polar surface area (TPSA) is 58.9 Å². The van der Waals surface area contributed by atoms with E-state index in [-0.39, 0.29) is 22.1 Å². The third-order valence-corrected chi connectivity index (χ3v) is 4.38. The molecule has 7 heteroatoms. The van der Waals surface area contributed by atoms with Gasteiger partial charge < -0.3 is 9.84 Å². The molecule has 0 aliphatic carbocycles. The summed E-state index contributed by atoms with van der Waals surface area (Å²) in [6.07, 6.45) is 1.38. The average Bonchev–Trinajstić information content (AvgIpc) is 2.62. The fourth-order valence-electron chi connectivity index (χ4n) is 2.46. The summed E-state index contributed by atoms with van der Waals surface area (Å²) in [5.74, 6) is -0.933. The molecule has 0 bridgehead atoms. The Hall–Kier alpha value is -2.53. The fourth-order valence-corrected chi connectivity index (χ4v) is 3.19. The van der Waals surface area contributed by atoms with E-state index in [0.717, 1.165) is 5.56 Å². The lowest BCUT2D eigenvalue weighted by Gasteiger charge is -2.09. The van der Waals surface area contributed by atoms with Gasteiger partial charge >= 0.3 is 5.97 Å². The maximum atomic E-state index is 12.4. The minimum atomic E-state index is -0.606. The summed E-state index contributed by atoms with van der Waals surface area (Å²) in [4.78, 5) is 16.6. The van der Waals surface area contributed by atoms with Gasteiger partial charge in [0.2, 0.25) is 0 Å². The molecule has 0 atom stereocenters. The zero-order valence-corrected chi connectivity index (χ0v) is 16.9. The molecule has 142 valence electrons. The molecule has 0 radical (unpaired) electrons. The van der Waals surface area contributed by atoms with E-state index in [1.54, 1.807) is 36.4 Å². The normalized spacial score (nSPS) is 11.0. The van der Waals surface area contributed by atoms with Crippen molar-refractivity contribution in [3.63, 3.8) is 0 Å². The van der Waals surface area contributed by atoms with Gasteiger partial charge in [0, 0.05) is 32.9 Å². The van der Waals surface area contributed by atoms with Crippen LogP contribution in [0.1, 0.15) is 21.5 Å². The highest BCUT2D eigenvalue weighted by Gasteiger charge is 2.15. The van der Waals surface area contributed by atoms with Gasteiger partial charge in [0.25, 0.3) is 0 Å². The van der Waals surface area contributed by atoms with Crippen molar-refractivity contribution in [2.24, 2.45) is 4.99 Å². The molecular formula is C21H14Cl3NO3. The lowest BCUT2D eigenvalue weighted by Crippen LogP contribution is -2.09. The third-order valence-electron chi connectivity index (χ3n) is 3.73. The number of carbonyl (C=O) groups excluding carboxylic acids is 1. The van der Waals surface area contributed by atoms with Crippen LogP contribution in [-0.4, -0.2) is 17.3 Å². The molecule has 4 nitrogen and oxygen atoms in total. The predicted octanol–water partition coefficient (Wildman–Crippen LogP) is 6.63. The van der Waals surface area contributed by atoms with E-state index < -0.39 is 5.97 Å². The Kier molecular flexibility index (Phi) is 6.25. The van der Waals surface area contributed by atoms with Gasteiger partial charge in [-0.25, -0.2) is 4.79 Å². The maximum Gasteiger partial charge on any atom is 0.343 e. The summed E-state index contributed by atoms with van der Waals surface area (Å²) in [6.45, 7) is 1.87. The van der Waals surface area contributed by atoms with E-state index in [9.17, 15) is 9.90 Å². The molecule has 28 heavy (non-hydrogen) atoms. The monoisotopic (exact) mass is 433 g/mol. The summed E-state index contributed by atoms with van der Waals surface area (Å²) < 4.78 is 5.32. The van der Waals surface area contributed by atoms with Crippen molar-refractivity contribution >= 4 is 52.7 Å². The molecule has 0 amide bonds. The molecule has 0 saturated heterocycles. The van der Waals surface area contributed by atoms with E-state index >= 15 is 0 Å². The lowest BCUT2D eigenvalue weighted by atomic mass is 10.1. The highest BCUT2D eigenvalue weighted by Crippen LogP contribution is 2.34. The van der Waals surface area contributed by atoms with Crippen LogP contribution in [0.5, 0.6) is 11.5 Å². The molecule has 0 saturated carbocycles. The Labute approximate surface area is 177 Å². The Bertz CT molecular complexity index is 1060.